The van der Waals surface area contributed by atoms with Crippen molar-refractivity contribution >= 4 is 5.69 Å². The first kappa shape index (κ1) is 15.4. The minimum Gasteiger partial charge on any atom is -0.494 e. The smallest absolute Gasteiger partial charge is 0.119 e. The van der Waals surface area contributed by atoms with E-state index in [0.29, 0.717) is 0 Å². The monoisotopic (exact) mass is 284 g/mol. The van der Waals surface area contributed by atoms with Crippen molar-refractivity contribution in [3.8, 4) is 5.75 Å². The average Bonchev–Trinajstić information content (AvgIpc) is 2.55. The van der Waals surface area contributed by atoms with Crippen LogP contribution in [0.2, 0.25) is 0 Å². The summed E-state index contributed by atoms with van der Waals surface area (Å²) in [6.45, 7) is 3.76. The maximum Gasteiger partial charge on any atom is 0.119 e. The van der Waals surface area contributed by atoms with E-state index in [1.807, 2.05) is 48.7 Å². The van der Waals surface area contributed by atoms with E-state index in [1.165, 1.54) is 19.3 Å². The van der Waals surface area contributed by atoms with Crippen molar-refractivity contribution in [1.29, 1.82) is 0 Å². The molecule has 0 aliphatic rings. The van der Waals surface area contributed by atoms with Crippen molar-refractivity contribution in [2.24, 2.45) is 0 Å². The second kappa shape index (κ2) is 9.01. The van der Waals surface area contributed by atoms with Gasteiger partial charge >= 0.3 is 0 Å². The van der Waals surface area contributed by atoms with E-state index in [2.05, 4.69) is 17.2 Å². The molecule has 0 bridgehead atoms. The van der Waals surface area contributed by atoms with Crippen LogP contribution in [0.25, 0.3) is 0 Å². The molecule has 0 amide bonds. The zero-order chi connectivity index (χ0) is 14.8. The fraction of sp³-hybridized carbons (Fsp3) is 0.389. The Labute approximate surface area is 127 Å². The van der Waals surface area contributed by atoms with Gasteiger partial charge < -0.3 is 10.1 Å². The van der Waals surface area contributed by atoms with E-state index in [-0.39, 0.29) is 0 Å². The lowest BCUT2D eigenvalue weighted by Gasteiger charge is -2.08. The van der Waals surface area contributed by atoms with Gasteiger partial charge in [0, 0.05) is 11.9 Å². The van der Waals surface area contributed by atoms with Crippen LogP contribution in [0.15, 0.2) is 48.7 Å². The van der Waals surface area contributed by atoms with Crippen molar-refractivity contribution in [2.75, 3.05) is 11.9 Å². The molecule has 1 aromatic carbocycles. The highest BCUT2D eigenvalue weighted by Gasteiger charge is 1.97. The molecule has 2 aromatic rings. The van der Waals surface area contributed by atoms with E-state index in [4.69, 9.17) is 4.74 Å². The number of hydrogen-bond donors (Lipinski definition) is 1. The van der Waals surface area contributed by atoms with Crippen molar-refractivity contribution in [2.45, 2.75) is 39.2 Å². The number of anilines is 1. The van der Waals surface area contributed by atoms with Crippen LogP contribution < -0.4 is 10.1 Å². The van der Waals surface area contributed by atoms with Gasteiger partial charge in [0.15, 0.2) is 0 Å². The Morgan fingerprint density at radius 3 is 2.57 bits per heavy atom. The van der Waals surface area contributed by atoms with Gasteiger partial charge in [-0.05, 0) is 42.8 Å². The van der Waals surface area contributed by atoms with Crippen molar-refractivity contribution in [3.63, 3.8) is 0 Å². The van der Waals surface area contributed by atoms with Crippen molar-refractivity contribution < 1.29 is 4.74 Å². The van der Waals surface area contributed by atoms with Gasteiger partial charge in [-0.25, -0.2) is 0 Å². The minimum atomic E-state index is 0.734. The third-order valence-electron chi connectivity index (χ3n) is 3.32. The maximum atomic E-state index is 5.73. The zero-order valence-corrected chi connectivity index (χ0v) is 12.7. The van der Waals surface area contributed by atoms with E-state index < -0.39 is 0 Å². The van der Waals surface area contributed by atoms with E-state index in [0.717, 1.165) is 36.7 Å². The molecule has 1 heterocycles. The first-order valence-corrected chi connectivity index (χ1v) is 7.75. The number of ether oxygens (including phenoxy) is 1. The van der Waals surface area contributed by atoms with Crippen LogP contribution in [0.5, 0.6) is 5.75 Å². The zero-order valence-electron chi connectivity index (χ0n) is 12.7. The van der Waals surface area contributed by atoms with Crippen molar-refractivity contribution in [1.82, 2.24) is 4.98 Å². The Morgan fingerprint density at radius 2 is 1.86 bits per heavy atom. The average molecular weight is 284 g/mol. The topological polar surface area (TPSA) is 34.1 Å². The third kappa shape index (κ3) is 5.86. The summed E-state index contributed by atoms with van der Waals surface area (Å²) < 4.78 is 5.73. The standard InChI is InChI=1S/C18H24N2O/c1-2-3-4-7-14-21-18-11-9-16(10-12-18)20-15-17-8-5-6-13-19-17/h5-6,8-13,20H,2-4,7,14-15H2,1H3. The number of aromatic nitrogens is 1. The molecule has 1 aromatic heterocycles. The van der Waals surface area contributed by atoms with Gasteiger partial charge in [-0.15, -0.1) is 0 Å². The van der Waals surface area contributed by atoms with Crippen LogP contribution in [0, 0.1) is 0 Å². The number of hydrogen-bond acceptors (Lipinski definition) is 3. The predicted octanol–water partition coefficient (Wildman–Crippen LogP) is 4.65. The number of pyridine rings is 1. The Morgan fingerprint density at radius 1 is 1.00 bits per heavy atom. The van der Waals surface area contributed by atoms with Crippen LogP contribution in [-0.2, 0) is 6.54 Å². The summed E-state index contributed by atoms with van der Waals surface area (Å²) in [7, 11) is 0. The molecule has 0 aliphatic carbocycles. The summed E-state index contributed by atoms with van der Waals surface area (Å²) in [6, 6.07) is 14.1. The molecule has 0 saturated carbocycles. The van der Waals surface area contributed by atoms with Crippen LogP contribution >= 0.6 is 0 Å². The van der Waals surface area contributed by atoms with Gasteiger partial charge in [0.05, 0.1) is 18.8 Å². The lowest BCUT2D eigenvalue weighted by molar-refractivity contribution is 0.305. The quantitative estimate of drug-likeness (QED) is 0.680. The molecule has 1 N–H and O–H groups in total. The number of benzene rings is 1. The Balaban J connectivity index is 1.71. The van der Waals surface area contributed by atoms with Crippen LogP contribution in [0.4, 0.5) is 5.69 Å². The molecule has 0 atom stereocenters. The minimum absolute atomic E-state index is 0.734. The lowest BCUT2D eigenvalue weighted by atomic mass is 10.2. The second-order valence-corrected chi connectivity index (χ2v) is 5.11. The number of unbranched alkanes of at least 4 members (excludes halogenated alkanes) is 3. The maximum absolute atomic E-state index is 5.73. The molecule has 112 valence electrons. The highest BCUT2D eigenvalue weighted by atomic mass is 16.5. The first-order valence-electron chi connectivity index (χ1n) is 7.75. The largest absolute Gasteiger partial charge is 0.494 e. The lowest BCUT2D eigenvalue weighted by Crippen LogP contribution is -2.01. The Hall–Kier alpha value is -2.03. The van der Waals surface area contributed by atoms with Gasteiger partial charge in [0.25, 0.3) is 0 Å². The van der Waals surface area contributed by atoms with Gasteiger partial charge in [0.1, 0.15) is 5.75 Å². The summed E-state index contributed by atoms with van der Waals surface area (Å²) in [5.74, 6) is 0.940. The SMILES string of the molecule is CCCCCCOc1ccc(NCc2ccccn2)cc1. The molecule has 0 unspecified atom stereocenters. The molecule has 0 radical (unpaired) electrons. The van der Waals surface area contributed by atoms with E-state index in [1.54, 1.807) is 0 Å². The molecule has 21 heavy (non-hydrogen) atoms. The fourth-order valence-electron chi connectivity index (χ4n) is 2.08. The Kier molecular flexibility index (Phi) is 6.59. The van der Waals surface area contributed by atoms with Crippen molar-refractivity contribution in [3.05, 3.63) is 54.4 Å². The molecule has 0 saturated heterocycles. The molecular formula is C18H24N2O. The third-order valence-corrected chi connectivity index (χ3v) is 3.32. The van der Waals surface area contributed by atoms with E-state index >= 15 is 0 Å². The molecule has 3 heteroatoms. The van der Waals surface area contributed by atoms with E-state index in [9.17, 15) is 0 Å². The molecule has 3 nitrogen and oxygen atoms in total. The molecular weight excluding hydrogens is 260 g/mol. The molecule has 2 rings (SSSR count). The van der Waals surface area contributed by atoms with Gasteiger partial charge in [-0.1, -0.05) is 32.3 Å². The molecule has 0 spiro atoms. The first-order chi connectivity index (χ1) is 10.4. The van der Waals surface area contributed by atoms with Gasteiger partial charge in [-0.3, -0.25) is 4.98 Å². The summed E-state index contributed by atoms with van der Waals surface area (Å²) in [5, 5.41) is 3.35. The van der Waals surface area contributed by atoms with Crippen LogP contribution in [0.3, 0.4) is 0 Å². The van der Waals surface area contributed by atoms with Crippen LogP contribution in [0.1, 0.15) is 38.3 Å². The molecule has 0 aliphatic heterocycles. The highest BCUT2D eigenvalue weighted by molar-refractivity contribution is 5.46. The summed E-state index contributed by atoms with van der Waals surface area (Å²) in [6.07, 6.45) is 6.75. The summed E-state index contributed by atoms with van der Waals surface area (Å²) in [4.78, 5) is 4.29. The van der Waals surface area contributed by atoms with Crippen LogP contribution in [-0.4, -0.2) is 11.6 Å². The number of rotatable bonds is 9. The highest BCUT2D eigenvalue weighted by Crippen LogP contribution is 2.16. The summed E-state index contributed by atoms with van der Waals surface area (Å²) >= 11 is 0. The molecule has 0 fully saturated rings. The Bertz CT molecular complexity index is 496. The number of nitrogens with zero attached hydrogens (tertiary/aromatic N) is 1. The number of nitrogens with one attached hydrogen (secondary N) is 1. The summed E-state index contributed by atoms with van der Waals surface area (Å²) in [5.41, 5.74) is 2.12. The van der Waals surface area contributed by atoms with Gasteiger partial charge in [0.2, 0.25) is 0 Å². The fourth-order valence-corrected chi connectivity index (χ4v) is 2.08. The van der Waals surface area contributed by atoms with Gasteiger partial charge in [-0.2, -0.15) is 0 Å². The normalized spacial score (nSPS) is 10.3. The predicted molar refractivity (Wildman–Crippen MR) is 87.6 cm³/mol. The second-order valence-electron chi connectivity index (χ2n) is 5.11.